The fourth-order valence-corrected chi connectivity index (χ4v) is 3.40. The molecule has 0 aliphatic heterocycles. The number of nitrogens with two attached hydrogens (primary N) is 1. The number of rotatable bonds is 8. The van der Waals surface area contributed by atoms with E-state index in [1.165, 1.54) is 7.11 Å². The van der Waals surface area contributed by atoms with Gasteiger partial charge in [0.05, 0.1) is 24.8 Å². The van der Waals surface area contributed by atoms with E-state index in [1.54, 1.807) is 25.1 Å². The normalized spacial score (nSPS) is 10.5. The van der Waals surface area contributed by atoms with Crippen molar-refractivity contribution in [2.75, 3.05) is 13.7 Å². The second-order valence-corrected chi connectivity index (χ2v) is 7.04. The largest absolute Gasteiger partial charge is 0.465 e. The highest BCUT2D eigenvalue weighted by molar-refractivity contribution is 5.95. The molecular weight excluding hydrogens is 394 g/mol. The van der Waals surface area contributed by atoms with Crippen molar-refractivity contribution in [1.82, 2.24) is 4.98 Å². The smallest absolute Gasteiger partial charge is 0.340 e. The van der Waals surface area contributed by atoms with Crippen molar-refractivity contribution in [2.24, 2.45) is 5.73 Å². The molecule has 0 aliphatic carbocycles. The van der Waals surface area contributed by atoms with E-state index in [1.807, 2.05) is 36.5 Å². The number of amidine groups is 1. The molecule has 4 N–H and O–H groups in total. The lowest BCUT2D eigenvalue weighted by Crippen LogP contribution is -2.12. The molecule has 7 heteroatoms. The maximum absolute atomic E-state index is 12.7. The zero-order chi connectivity index (χ0) is 22.4. The standard InChI is InChI=1S/C24H25N3O4/c1-3-31-24(29)21-19(11-15-7-9-17(10-8-15)23(28)30-2)14-27-20(21)13-16-5-4-6-18(12-16)22(25)26/h4-10,12,14,27H,3,11,13H2,1-2H3,(H3,25,26). The third-order valence-electron chi connectivity index (χ3n) is 4.91. The van der Waals surface area contributed by atoms with E-state index in [4.69, 9.17) is 20.6 Å². The fourth-order valence-electron chi connectivity index (χ4n) is 3.40. The number of nitrogen functional groups attached to an aromatic ring is 1. The third kappa shape index (κ3) is 5.19. The molecule has 0 saturated carbocycles. The first kappa shape index (κ1) is 21.8. The Bertz CT molecular complexity index is 1100. The van der Waals surface area contributed by atoms with E-state index >= 15 is 0 Å². The lowest BCUT2D eigenvalue weighted by atomic mass is 9.98. The van der Waals surface area contributed by atoms with Gasteiger partial charge in [0.15, 0.2) is 0 Å². The van der Waals surface area contributed by atoms with E-state index < -0.39 is 5.97 Å². The van der Waals surface area contributed by atoms with Crippen LogP contribution in [0, 0.1) is 5.41 Å². The summed E-state index contributed by atoms with van der Waals surface area (Å²) in [7, 11) is 1.34. The molecule has 1 heterocycles. The van der Waals surface area contributed by atoms with Crippen LogP contribution in [0.5, 0.6) is 0 Å². The molecule has 31 heavy (non-hydrogen) atoms. The molecule has 0 atom stereocenters. The molecule has 0 saturated heterocycles. The van der Waals surface area contributed by atoms with Gasteiger partial charge in [0.1, 0.15) is 5.84 Å². The van der Waals surface area contributed by atoms with Crippen LogP contribution >= 0.6 is 0 Å². The lowest BCUT2D eigenvalue weighted by molar-refractivity contribution is 0.0523. The topological polar surface area (TPSA) is 118 Å². The summed E-state index contributed by atoms with van der Waals surface area (Å²) in [5.74, 6) is -0.784. The number of carbonyl (C=O) groups is 2. The Labute approximate surface area is 180 Å². The molecule has 0 bridgehead atoms. The van der Waals surface area contributed by atoms with Crippen LogP contribution < -0.4 is 5.73 Å². The molecule has 2 aromatic carbocycles. The number of aromatic nitrogens is 1. The summed E-state index contributed by atoms with van der Waals surface area (Å²) in [6.07, 6.45) is 2.78. The van der Waals surface area contributed by atoms with Gasteiger partial charge in [-0.05, 0) is 48.2 Å². The minimum Gasteiger partial charge on any atom is -0.465 e. The molecule has 160 valence electrons. The van der Waals surface area contributed by atoms with Crippen LogP contribution in [0.3, 0.4) is 0 Å². The van der Waals surface area contributed by atoms with Crippen molar-refractivity contribution in [3.05, 3.63) is 93.8 Å². The Hall–Kier alpha value is -3.87. The van der Waals surface area contributed by atoms with Crippen molar-refractivity contribution >= 4 is 17.8 Å². The van der Waals surface area contributed by atoms with Crippen molar-refractivity contribution in [3.8, 4) is 0 Å². The van der Waals surface area contributed by atoms with Gasteiger partial charge in [0, 0.05) is 23.9 Å². The number of aromatic amines is 1. The van der Waals surface area contributed by atoms with Gasteiger partial charge in [-0.3, -0.25) is 5.41 Å². The summed E-state index contributed by atoms with van der Waals surface area (Å²) in [5, 5.41) is 7.63. The van der Waals surface area contributed by atoms with E-state index in [0.717, 1.165) is 22.4 Å². The number of hydrogen-bond acceptors (Lipinski definition) is 5. The lowest BCUT2D eigenvalue weighted by Gasteiger charge is -2.09. The van der Waals surface area contributed by atoms with Crippen LogP contribution in [0.25, 0.3) is 0 Å². The van der Waals surface area contributed by atoms with E-state index in [-0.39, 0.29) is 18.4 Å². The first-order chi connectivity index (χ1) is 14.9. The first-order valence-corrected chi connectivity index (χ1v) is 9.89. The minimum atomic E-state index is -0.393. The number of H-pyrrole nitrogens is 1. The molecule has 0 fully saturated rings. The highest BCUT2D eigenvalue weighted by Gasteiger charge is 2.20. The summed E-state index contributed by atoms with van der Waals surface area (Å²) in [4.78, 5) is 27.6. The quantitative estimate of drug-likeness (QED) is 0.294. The average molecular weight is 419 g/mol. The van der Waals surface area contributed by atoms with Crippen molar-refractivity contribution in [3.63, 3.8) is 0 Å². The molecule has 1 aromatic heterocycles. The molecule has 0 spiro atoms. The Morgan fingerprint density at radius 3 is 2.39 bits per heavy atom. The van der Waals surface area contributed by atoms with Gasteiger partial charge >= 0.3 is 11.9 Å². The third-order valence-corrected chi connectivity index (χ3v) is 4.91. The molecule has 0 aliphatic rings. The average Bonchev–Trinajstić information content (AvgIpc) is 3.16. The monoisotopic (exact) mass is 419 g/mol. The van der Waals surface area contributed by atoms with E-state index in [2.05, 4.69) is 4.98 Å². The highest BCUT2D eigenvalue weighted by Crippen LogP contribution is 2.23. The van der Waals surface area contributed by atoms with Gasteiger partial charge in [-0.25, -0.2) is 9.59 Å². The Morgan fingerprint density at radius 2 is 1.74 bits per heavy atom. The highest BCUT2D eigenvalue weighted by atomic mass is 16.5. The molecule has 0 radical (unpaired) electrons. The fraction of sp³-hybridized carbons (Fsp3) is 0.208. The summed E-state index contributed by atoms with van der Waals surface area (Å²) in [5.41, 5.74) is 10.6. The van der Waals surface area contributed by atoms with E-state index in [0.29, 0.717) is 29.5 Å². The SMILES string of the molecule is CCOC(=O)c1c(Cc2ccc(C(=O)OC)cc2)c[nH]c1Cc1cccc(C(=N)N)c1. The molecule has 7 nitrogen and oxygen atoms in total. The molecule has 3 rings (SSSR count). The Morgan fingerprint density at radius 1 is 1.00 bits per heavy atom. The van der Waals surface area contributed by atoms with E-state index in [9.17, 15) is 9.59 Å². The summed E-state index contributed by atoms with van der Waals surface area (Å²) in [6.45, 7) is 2.04. The predicted molar refractivity (Wildman–Crippen MR) is 118 cm³/mol. The maximum atomic E-state index is 12.7. The second-order valence-electron chi connectivity index (χ2n) is 7.04. The predicted octanol–water partition coefficient (Wildman–Crippen LogP) is 3.44. The number of hydrogen-bond donors (Lipinski definition) is 3. The van der Waals surface area contributed by atoms with Crippen LogP contribution in [-0.4, -0.2) is 36.5 Å². The molecule has 3 aromatic rings. The van der Waals surface area contributed by atoms with Gasteiger partial charge in [-0.1, -0.05) is 30.3 Å². The van der Waals surface area contributed by atoms with Crippen LogP contribution in [0.15, 0.2) is 54.7 Å². The Kier molecular flexibility index (Phi) is 6.87. The number of nitrogens with one attached hydrogen (secondary N) is 2. The summed E-state index contributed by atoms with van der Waals surface area (Å²) >= 11 is 0. The number of esters is 2. The van der Waals surface area contributed by atoms with Gasteiger partial charge in [-0.2, -0.15) is 0 Å². The molecule has 0 unspecified atom stereocenters. The zero-order valence-corrected chi connectivity index (χ0v) is 17.5. The Balaban J connectivity index is 1.90. The maximum Gasteiger partial charge on any atom is 0.340 e. The van der Waals surface area contributed by atoms with Crippen LogP contribution in [0.1, 0.15) is 55.6 Å². The van der Waals surface area contributed by atoms with Gasteiger partial charge < -0.3 is 20.2 Å². The molecule has 0 amide bonds. The van der Waals surface area contributed by atoms with Gasteiger partial charge in [-0.15, -0.1) is 0 Å². The minimum absolute atomic E-state index is 0.00459. The number of methoxy groups -OCH3 is 1. The second kappa shape index (κ2) is 9.75. The van der Waals surface area contributed by atoms with Crippen molar-refractivity contribution in [1.29, 1.82) is 5.41 Å². The van der Waals surface area contributed by atoms with Crippen molar-refractivity contribution < 1.29 is 19.1 Å². The number of carbonyl (C=O) groups excluding carboxylic acids is 2. The van der Waals surface area contributed by atoms with Crippen LogP contribution in [-0.2, 0) is 22.3 Å². The summed E-state index contributed by atoms with van der Waals surface area (Å²) in [6, 6.07) is 14.4. The van der Waals surface area contributed by atoms with Crippen LogP contribution in [0.4, 0.5) is 0 Å². The zero-order valence-electron chi connectivity index (χ0n) is 17.5. The van der Waals surface area contributed by atoms with Crippen molar-refractivity contribution in [2.45, 2.75) is 19.8 Å². The van der Waals surface area contributed by atoms with Crippen LogP contribution in [0.2, 0.25) is 0 Å². The summed E-state index contributed by atoms with van der Waals surface area (Å²) < 4.78 is 10.0. The molecular formula is C24H25N3O4. The van der Waals surface area contributed by atoms with Gasteiger partial charge in [0.2, 0.25) is 0 Å². The van der Waals surface area contributed by atoms with Gasteiger partial charge in [0.25, 0.3) is 0 Å². The first-order valence-electron chi connectivity index (χ1n) is 9.89. The number of benzene rings is 2. The number of ether oxygens (including phenoxy) is 2.